The Morgan fingerprint density at radius 3 is 2.78 bits per heavy atom. The Balaban J connectivity index is 1.60. The number of aromatic nitrogens is 5. The van der Waals surface area contributed by atoms with Crippen molar-refractivity contribution in [3.8, 4) is 22.5 Å². The lowest BCUT2D eigenvalue weighted by Crippen LogP contribution is -2.44. The number of carbonyl (C=O) groups excluding carboxylic acids is 1. The molecule has 1 atom stereocenters. The third-order valence-corrected chi connectivity index (χ3v) is 5.34. The van der Waals surface area contributed by atoms with Gasteiger partial charge in [0.1, 0.15) is 30.4 Å². The van der Waals surface area contributed by atoms with Crippen molar-refractivity contribution >= 4 is 22.8 Å². The number of hydrogen-bond donors (Lipinski definition) is 2. The number of nitrogens with one attached hydrogen (secondary N) is 2. The Hall–Kier alpha value is -4.02. The molecule has 0 saturated carbocycles. The van der Waals surface area contributed by atoms with Crippen molar-refractivity contribution in [1.82, 2.24) is 30.2 Å². The largest absolute Gasteiger partial charge is 0.405 e. The molecule has 0 fully saturated rings. The minimum atomic E-state index is -4.51. The predicted octanol–water partition coefficient (Wildman–Crippen LogP) is 3.25. The van der Waals surface area contributed by atoms with Crippen molar-refractivity contribution in [3.05, 3.63) is 54.7 Å². The van der Waals surface area contributed by atoms with Crippen LogP contribution in [0.3, 0.4) is 0 Å². The highest BCUT2D eigenvalue weighted by atomic mass is 19.4. The van der Waals surface area contributed by atoms with Crippen LogP contribution in [-0.4, -0.2) is 50.6 Å². The van der Waals surface area contributed by atoms with E-state index in [0.717, 1.165) is 5.39 Å². The second kappa shape index (κ2) is 7.29. The summed E-state index contributed by atoms with van der Waals surface area (Å²) in [6.07, 6.45) is 1.92. The SMILES string of the molecule is CN1c2nc(-c3c[nH]c4ncncc34)ncc2-c2ccccc2C1C(=O)NCC(F)(F)F. The van der Waals surface area contributed by atoms with Crippen LogP contribution in [0.1, 0.15) is 11.6 Å². The van der Waals surface area contributed by atoms with Crippen LogP contribution in [0.2, 0.25) is 0 Å². The molecular weight excluding hydrogens is 423 g/mol. The molecule has 1 aliphatic rings. The maximum atomic E-state index is 12.8. The molecule has 8 nitrogen and oxygen atoms in total. The molecule has 0 radical (unpaired) electrons. The van der Waals surface area contributed by atoms with Crippen LogP contribution < -0.4 is 10.2 Å². The standard InChI is InChI=1S/C21H16F3N7O/c1-31-16(20(32)28-9-21(22,23)24)12-5-3-2-4-11(12)15-8-27-18(30-19(15)31)14-7-26-17-13(14)6-25-10-29-17/h2-8,10,16H,9H2,1H3,(H,28,32)(H,25,26,29). The lowest BCUT2D eigenvalue weighted by molar-refractivity contribution is -0.139. The number of H-pyrrole nitrogens is 1. The van der Waals surface area contributed by atoms with Gasteiger partial charge in [-0.25, -0.2) is 19.9 Å². The highest BCUT2D eigenvalue weighted by molar-refractivity contribution is 5.96. The van der Waals surface area contributed by atoms with Crippen LogP contribution in [0.4, 0.5) is 19.0 Å². The summed E-state index contributed by atoms with van der Waals surface area (Å²) in [6, 6.07) is 6.08. The average Bonchev–Trinajstić information content (AvgIpc) is 3.21. The molecule has 1 aromatic carbocycles. The molecule has 5 rings (SSSR count). The van der Waals surface area contributed by atoms with Crippen molar-refractivity contribution in [2.75, 3.05) is 18.5 Å². The van der Waals surface area contributed by atoms with Crippen molar-refractivity contribution < 1.29 is 18.0 Å². The van der Waals surface area contributed by atoms with E-state index >= 15 is 0 Å². The molecule has 0 spiro atoms. The fourth-order valence-corrected chi connectivity index (χ4v) is 3.92. The maximum absolute atomic E-state index is 12.8. The Morgan fingerprint density at radius 1 is 1.16 bits per heavy atom. The summed E-state index contributed by atoms with van der Waals surface area (Å²) in [5, 5.41) is 2.72. The van der Waals surface area contributed by atoms with Gasteiger partial charge in [-0.3, -0.25) is 4.79 Å². The van der Waals surface area contributed by atoms with Gasteiger partial charge >= 0.3 is 6.18 Å². The molecule has 0 aliphatic carbocycles. The highest BCUT2D eigenvalue weighted by Gasteiger charge is 2.37. The van der Waals surface area contributed by atoms with Gasteiger partial charge in [0.05, 0.1) is 0 Å². The maximum Gasteiger partial charge on any atom is 0.405 e. The molecule has 32 heavy (non-hydrogen) atoms. The van der Waals surface area contributed by atoms with Crippen molar-refractivity contribution in [2.24, 2.45) is 0 Å². The van der Waals surface area contributed by atoms with Crippen LogP contribution in [0.25, 0.3) is 33.5 Å². The van der Waals surface area contributed by atoms with E-state index in [4.69, 9.17) is 0 Å². The molecule has 3 aromatic heterocycles. The number of alkyl halides is 3. The van der Waals surface area contributed by atoms with Gasteiger partial charge in [0.25, 0.3) is 0 Å². The second-order valence-electron chi connectivity index (χ2n) is 7.35. The number of benzene rings is 1. The Bertz CT molecular complexity index is 1330. The van der Waals surface area contributed by atoms with Crippen LogP contribution in [-0.2, 0) is 4.79 Å². The molecule has 4 aromatic rings. The molecule has 1 amide bonds. The van der Waals surface area contributed by atoms with E-state index in [1.165, 1.54) is 6.33 Å². The summed E-state index contributed by atoms with van der Waals surface area (Å²) >= 11 is 0. The summed E-state index contributed by atoms with van der Waals surface area (Å²) in [7, 11) is 1.63. The molecular formula is C21H16F3N7O. The number of fused-ring (bicyclic) bond motifs is 4. The first-order valence-electron chi connectivity index (χ1n) is 9.64. The van der Waals surface area contributed by atoms with Gasteiger partial charge in [0.2, 0.25) is 5.91 Å². The van der Waals surface area contributed by atoms with Gasteiger partial charge in [-0.15, -0.1) is 0 Å². The van der Waals surface area contributed by atoms with E-state index in [1.54, 1.807) is 54.8 Å². The summed E-state index contributed by atoms with van der Waals surface area (Å²) in [4.78, 5) is 34.8. The van der Waals surface area contributed by atoms with Gasteiger partial charge in [-0.2, -0.15) is 13.2 Å². The number of halogens is 3. The molecule has 1 unspecified atom stereocenters. The zero-order chi connectivity index (χ0) is 22.5. The summed E-state index contributed by atoms with van der Waals surface area (Å²) in [5.74, 6) is 0.0566. The van der Waals surface area contributed by atoms with Gasteiger partial charge in [-0.1, -0.05) is 24.3 Å². The lowest BCUT2D eigenvalue weighted by Gasteiger charge is -2.35. The molecule has 0 bridgehead atoms. The zero-order valence-corrected chi connectivity index (χ0v) is 16.7. The van der Waals surface area contributed by atoms with E-state index in [1.807, 2.05) is 5.32 Å². The molecule has 4 heterocycles. The Labute approximate surface area is 179 Å². The van der Waals surface area contributed by atoms with E-state index in [9.17, 15) is 18.0 Å². The summed E-state index contributed by atoms with van der Waals surface area (Å²) < 4.78 is 38.1. The van der Waals surface area contributed by atoms with Gasteiger partial charge < -0.3 is 15.2 Å². The van der Waals surface area contributed by atoms with E-state index < -0.39 is 24.7 Å². The van der Waals surface area contributed by atoms with Crippen molar-refractivity contribution in [2.45, 2.75) is 12.2 Å². The van der Waals surface area contributed by atoms with Crippen LogP contribution >= 0.6 is 0 Å². The number of carbonyl (C=O) groups is 1. The topological polar surface area (TPSA) is 99.7 Å². The monoisotopic (exact) mass is 439 g/mol. The first-order valence-corrected chi connectivity index (χ1v) is 9.64. The number of anilines is 1. The number of nitrogens with zero attached hydrogens (tertiary/aromatic N) is 5. The third-order valence-electron chi connectivity index (χ3n) is 5.34. The highest BCUT2D eigenvalue weighted by Crippen LogP contribution is 2.43. The minimum Gasteiger partial charge on any atom is -0.345 e. The second-order valence-corrected chi connectivity index (χ2v) is 7.35. The van der Waals surface area contributed by atoms with Crippen LogP contribution in [0, 0.1) is 0 Å². The van der Waals surface area contributed by atoms with Crippen molar-refractivity contribution in [1.29, 1.82) is 0 Å². The number of hydrogen-bond acceptors (Lipinski definition) is 6. The molecule has 11 heteroatoms. The van der Waals surface area contributed by atoms with Crippen molar-refractivity contribution in [3.63, 3.8) is 0 Å². The number of aromatic amines is 1. The Morgan fingerprint density at radius 2 is 1.97 bits per heavy atom. The van der Waals surface area contributed by atoms with Gasteiger partial charge in [-0.05, 0) is 11.1 Å². The number of amides is 1. The normalized spacial score (nSPS) is 15.4. The van der Waals surface area contributed by atoms with Crippen LogP contribution in [0.5, 0.6) is 0 Å². The fourth-order valence-electron chi connectivity index (χ4n) is 3.92. The summed E-state index contributed by atoms with van der Waals surface area (Å²) in [6.45, 7) is -1.41. The molecule has 2 N–H and O–H groups in total. The quantitative estimate of drug-likeness (QED) is 0.508. The minimum absolute atomic E-state index is 0.380. The summed E-state index contributed by atoms with van der Waals surface area (Å²) in [5.41, 5.74) is 3.26. The first kappa shape index (κ1) is 19.9. The smallest absolute Gasteiger partial charge is 0.345 e. The lowest BCUT2D eigenvalue weighted by atomic mass is 9.90. The number of likely N-dealkylation sites (N-methyl/N-ethyl adjacent to an activating group) is 1. The van der Waals surface area contributed by atoms with E-state index in [0.29, 0.717) is 39.5 Å². The zero-order valence-electron chi connectivity index (χ0n) is 16.7. The van der Waals surface area contributed by atoms with Gasteiger partial charge in [0, 0.05) is 42.2 Å². The fraction of sp³-hybridized carbons (Fsp3) is 0.190. The van der Waals surface area contributed by atoms with E-state index in [2.05, 4.69) is 24.9 Å². The third kappa shape index (κ3) is 3.31. The molecule has 1 aliphatic heterocycles. The molecule has 162 valence electrons. The van der Waals surface area contributed by atoms with Gasteiger partial charge in [0.15, 0.2) is 5.82 Å². The Kier molecular flexibility index (Phi) is 4.54. The van der Waals surface area contributed by atoms with Crippen LogP contribution in [0.15, 0.2) is 49.2 Å². The average molecular weight is 439 g/mol. The first-order chi connectivity index (χ1) is 15.3. The molecule has 0 saturated heterocycles. The van der Waals surface area contributed by atoms with E-state index in [-0.39, 0.29) is 0 Å². The predicted molar refractivity (Wildman–Crippen MR) is 111 cm³/mol. The number of rotatable bonds is 3.